The molecule has 1 atom stereocenters. The van der Waals surface area contributed by atoms with Gasteiger partial charge in [0.15, 0.2) is 0 Å². The van der Waals surface area contributed by atoms with Gasteiger partial charge in [-0.3, -0.25) is 4.79 Å². The van der Waals surface area contributed by atoms with Gasteiger partial charge in [-0.25, -0.2) is 4.98 Å². The van der Waals surface area contributed by atoms with Crippen LogP contribution in [0.3, 0.4) is 0 Å². The molecule has 0 aliphatic rings. The van der Waals surface area contributed by atoms with Crippen LogP contribution < -0.4 is 5.32 Å². The maximum Gasteiger partial charge on any atom is 0.251 e. The number of methoxy groups -OCH3 is 1. The summed E-state index contributed by atoms with van der Waals surface area (Å²) in [4.78, 5) is 20.6. The average molecular weight is 362 g/mol. The van der Waals surface area contributed by atoms with Crippen LogP contribution in [0.1, 0.15) is 29.1 Å². The number of benzene rings is 2. The minimum Gasteiger partial charge on any atom is -0.383 e. The van der Waals surface area contributed by atoms with Gasteiger partial charge in [0.2, 0.25) is 0 Å². The largest absolute Gasteiger partial charge is 0.383 e. The second kappa shape index (κ2) is 7.25. The van der Waals surface area contributed by atoms with Gasteiger partial charge in [0, 0.05) is 30.9 Å². The van der Waals surface area contributed by atoms with E-state index in [0.29, 0.717) is 12.2 Å². The van der Waals surface area contributed by atoms with Crippen LogP contribution in [0.2, 0.25) is 0 Å². The molecule has 27 heavy (non-hydrogen) atoms. The number of para-hydroxylation sites is 2. The average Bonchev–Trinajstić information content (AvgIpc) is 3.29. The van der Waals surface area contributed by atoms with Crippen LogP contribution in [0.4, 0.5) is 0 Å². The van der Waals surface area contributed by atoms with Gasteiger partial charge >= 0.3 is 0 Å². The van der Waals surface area contributed by atoms with Crippen molar-refractivity contribution in [2.45, 2.75) is 19.5 Å². The molecule has 4 rings (SSSR count). The SMILES string of the molecule is COCCn1ccc2ccc(C(=O)N[C@@H](C)c3nc4ccccc4[nH]3)cc21. The number of ether oxygens (including phenoxy) is 1. The molecule has 6 nitrogen and oxygen atoms in total. The molecular formula is C21H22N4O2. The molecule has 0 aliphatic carbocycles. The molecule has 2 heterocycles. The first-order valence-corrected chi connectivity index (χ1v) is 8.99. The Balaban J connectivity index is 1.54. The molecule has 4 aromatic rings. The van der Waals surface area contributed by atoms with Crippen molar-refractivity contribution < 1.29 is 9.53 Å². The molecule has 0 saturated carbocycles. The third-order valence-electron chi connectivity index (χ3n) is 4.74. The third-order valence-corrected chi connectivity index (χ3v) is 4.74. The molecule has 0 unspecified atom stereocenters. The Hall–Kier alpha value is -3.12. The fourth-order valence-electron chi connectivity index (χ4n) is 3.24. The Morgan fingerprint density at radius 3 is 2.93 bits per heavy atom. The Kier molecular flexibility index (Phi) is 4.64. The monoisotopic (exact) mass is 362 g/mol. The Labute approximate surface area is 157 Å². The zero-order chi connectivity index (χ0) is 18.8. The number of nitrogens with zero attached hydrogens (tertiary/aromatic N) is 2. The van der Waals surface area contributed by atoms with E-state index in [2.05, 4.69) is 19.9 Å². The maximum absolute atomic E-state index is 12.7. The van der Waals surface area contributed by atoms with E-state index in [1.807, 2.05) is 61.7 Å². The Morgan fingerprint density at radius 1 is 1.26 bits per heavy atom. The van der Waals surface area contributed by atoms with E-state index in [1.54, 1.807) is 7.11 Å². The van der Waals surface area contributed by atoms with Crippen LogP contribution >= 0.6 is 0 Å². The van der Waals surface area contributed by atoms with E-state index < -0.39 is 0 Å². The highest BCUT2D eigenvalue weighted by molar-refractivity contribution is 5.98. The predicted molar refractivity (Wildman–Crippen MR) is 106 cm³/mol. The number of fused-ring (bicyclic) bond motifs is 2. The number of H-pyrrole nitrogens is 1. The van der Waals surface area contributed by atoms with Gasteiger partial charge in [0.1, 0.15) is 5.82 Å². The fourth-order valence-corrected chi connectivity index (χ4v) is 3.24. The van der Waals surface area contributed by atoms with Crippen LogP contribution in [0.25, 0.3) is 21.9 Å². The molecule has 0 fully saturated rings. The molecule has 2 N–H and O–H groups in total. The van der Waals surface area contributed by atoms with E-state index in [-0.39, 0.29) is 11.9 Å². The standard InChI is InChI=1S/C21H22N4O2/c1-14(20-23-17-5-3-4-6-18(17)24-20)22-21(26)16-8-7-15-9-10-25(11-12-27-2)19(15)13-16/h3-10,13-14H,11-12H2,1-2H3,(H,22,26)(H,23,24)/t14-/m0/s1. The van der Waals surface area contributed by atoms with Crippen molar-refractivity contribution in [3.63, 3.8) is 0 Å². The molecule has 0 bridgehead atoms. The third kappa shape index (κ3) is 3.44. The van der Waals surface area contributed by atoms with Crippen LogP contribution in [-0.4, -0.2) is 34.2 Å². The van der Waals surface area contributed by atoms with Gasteiger partial charge in [-0.05, 0) is 42.6 Å². The van der Waals surface area contributed by atoms with Crippen molar-refractivity contribution in [2.24, 2.45) is 0 Å². The van der Waals surface area contributed by atoms with E-state index in [0.717, 1.165) is 34.3 Å². The van der Waals surface area contributed by atoms with Gasteiger partial charge in [-0.2, -0.15) is 0 Å². The summed E-state index contributed by atoms with van der Waals surface area (Å²) in [6.45, 7) is 3.30. The number of hydrogen-bond acceptors (Lipinski definition) is 3. The zero-order valence-electron chi connectivity index (χ0n) is 15.4. The first-order chi connectivity index (χ1) is 13.2. The van der Waals surface area contributed by atoms with Crippen molar-refractivity contribution >= 4 is 27.8 Å². The minimum atomic E-state index is -0.221. The summed E-state index contributed by atoms with van der Waals surface area (Å²) >= 11 is 0. The molecule has 0 aliphatic heterocycles. The summed E-state index contributed by atoms with van der Waals surface area (Å²) in [5.41, 5.74) is 3.51. The van der Waals surface area contributed by atoms with Crippen molar-refractivity contribution in [1.82, 2.24) is 19.9 Å². The number of aromatic nitrogens is 3. The topological polar surface area (TPSA) is 71.9 Å². The Morgan fingerprint density at radius 2 is 2.11 bits per heavy atom. The summed E-state index contributed by atoms with van der Waals surface area (Å²) in [5.74, 6) is 0.624. The van der Waals surface area contributed by atoms with Crippen LogP contribution in [0.5, 0.6) is 0 Å². The molecule has 2 aromatic carbocycles. The van der Waals surface area contributed by atoms with E-state index in [1.165, 1.54) is 0 Å². The van der Waals surface area contributed by atoms with Crippen molar-refractivity contribution in [2.75, 3.05) is 13.7 Å². The summed E-state index contributed by atoms with van der Waals surface area (Å²) in [5, 5.41) is 4.13. The van der Waals surface area contributed by atoms with E-state index in [9.17, 15) is 4.79 Å². The number of aromatic amines is 1. The molecule has 138 valence electrons. The van der Waals surface area contributed by atoms with Gasteiger partial charge in [-0.15, -0.1) is 0 Å². The van der Waals surface area contributed by atoms with Gasteiger partial charge in [-0.1, -0.05) is 18.2 Å². The van der Waals surface area contributed by atoms with E-state index in [4.69, 9.17) is 4.74 Å². The highest BCUT2D eigenvalue weighted by Crippen LogP contribution is 2.19. The van der Waals surface area contributed by atoms with Crippen LogP contribution in [0.15, 0.2) is 54.7 Å². The number of imidazole rings is 1. The second-order valence-corrected chi connectivity index (χ2v) is 6.61. The predicted octanol–water partition coefficient (Wildman–Crippen LogP) is 3.66. The first kappa shape index (κ1) is 17.3. The fraction of sp³-hybridized carbons (Fsp3) is 0.238. The highest BCUT2D eigenvalue weighted by atomic mass is 16.5. The second-order valence-electron chi connectivity index (χ2n) is 6.61. The maximum atomic E-state index is 12.7. The van der Waals surface area contributed by atoms with Crippen molar-refractivity contribution in [3.05, 3.63) is 66.1 Å². The molecule has 2 aromatic heterocycles. The lowest BCUT2D eigenvalue weighted by molar-refractivity contribution is 0.0938. The number of nitrogens with one attached hydrogen (secondary N) is 2. The van der Waals surface area contributed by atoms with Gasteiger partial charge in [0.25, 0.3) is 5.91 Å². The quantitative estimate of drug-likeness (QED) is 0.550. The molecular weight excluding hydrogens is 340 g/mol. The lowest BCUT2D eigenvalue weighted by Gasteiger charge is -2.12. The lowest BCUT2D eigenvalue weighted by Crippen LogP contribution is -2.27. The summed E-state index contributed by atoms with van der Waals surface area (Å²) < 4.78 is 7.25. The van der Waals surface area contributed by atoms with E-state index >= 15 is 0 Å². The summed E-state index contributed by atoms with van der Waals surface area (Å²) in [6.07, 6.45) is 2.02. The number of carbonyl (C=O) groups is 1. The zero-order valence-corrected chi connectivity index (χ0v) is 15.4. The normalized spacial score (nSPS) is 12.5. The van der Waals surface area contributed by atoms with Crippen molar-refractivity contribution in [3.8, 4) is 0 Å². The van der Waals surface area contributed by atoms with Crippen LogP contribution in [-0.2, 0) is 11.3 Å². The van der Waals surface area contributed by atoms with Gasteiger partial charge in [0.05, 0.1) is 23.7 Å². The number of rotatable bonds is 6. The Bertz CT molecular complexity index is 1060. The molecule has 6 heteroatoms. The van der Waals surface area contributed by atoms with Gasteiger partial charge < -0.3 is 19.6 Å². The molecule has 0 spiro atoms. The molecule has 1 amide bonds. The summed E-state index contributed by atoms with van der Waals surface area (Å²) in [6, 6.07) is 15.4. The number of carbonyl (C=O) groups excluding carboxylic acids is 1. The minimum absolute atomic E-state index is 0.121. The highest BCUT2D eigenvalue weighted by Gasteiger charge is 2.15. The number of amides is 1. The van der Waals surface area contributed by atoms with Crippen molar-refractivity contribution in [1.29, 1.82) is 0 Å². The first-order valence-electron chi connectivity index (χ1n) is 8.99. The lowest BCUT2D eigenvalue weighted by atomic mass is 10.1. The summed E-state index contributed by atoms with van der Waals surface area (Å²) in [7, 11) is 1.68. The number of hydrogen-bond donors (Lipinski definition) is 2. The molecule has 0 saturated heterocycles. The van der Waals surface area contributed by atoms with Crippen LogP contribution in [0, 0.1) is 0 Å². The smallest absolute Gasteiger partial charge is 0.251 e. The molecule has 0 radical (unpaired) electrons.